The molecule has 1 atom stereocenters. The van der Waals surface area contributed by atoms with Gasteiger partial charge in [0.2, 0.25) is 0 Å². The van der Waals surface area contributed by atoms with Crippen molar-refractivity contribution in [1.82, 2.24) is 9.55 Å². The SMILES string of the molecule is COc1ccccc1SC(CCc1ccc(Cl)cc1)Cn1ccnc1.O=[N+]([O-])O. The summed E-state index contributed by atoms with van der Waals surface area (Å²) in [6, 6.07) is 16.3. The quantitative estimate of drug-likeness (QED) is 0.304. The molecule has 1 heterocycles. The van der Waals surface area contributed by atoms with Gasteiger partial charge in [0, 0.05) is 34.1 Å². The number of imidazole rings is 1. The topological polar surface area (TPSA) is 90.4 Å². The van der Waals surface area contributed by atoms with E-state index in [4.69, 9.17) is 31.7 Å². The lowest BCUT2D eigenvalue weighted by Gasteiger charge is -2.18. The average Bonchev–Trinajstić information content (AvgIpc) is 3.20. The van der Waals surface area contributed by atoms with Crippen LogP contribution >= 0.6 is 23.4 Å². The Hall–Kier alpha value is -2.71. The molecule has 9 heteroatoms. The van der Waals surface area contributed by atoms with Crippen molar-refractivity contribution in [2.45, 2.75) is 29.5 Å². The van der Waals surface area contributed by atoms with E-state index in [-0.39, 0.29) is 0 Å². The van der Waals surface area contributed by atoms with Gasteiger partial charge in [-0.25, -0.2) is 4.98 Å². The molecule has 0 bridgehead atoms. The van der Waals surface area contributed by atoms with Gasteiger partial charge in [0.05, 0.1) is 13.4 Å². The monoisotopic (exact) mass is 435 g/mol. The van der Waals surface area contributed by atoms with Crippen molar-refractivity contribution in [1.29, 1.82) is 0 Å². The minimum absolute atomic E-state index is 0.418. The van der Waals surface area contributed by atoms with E-state index in [9.17, 15) is 0 Å². The summed E-state index contributed by atoms with van der Waals surface area (Å²) in [5.74, 6) is 0.926. The third-order valence-corrected chi connectivity index (χ3v) is 5.57. The molecule has 0 saturated carbocycles. The highest BCUT2D eigenvalue weighted by Crippen LogP contribution is 2.34. The second-order valence-corrected chi connectivity index (χ2v) is 7.83. The van der Waals surface area contributed by atoms with Crippen molar-refractivity contribution in [3.05, 3.63) is 88.0 Å². The van der Waals surface area contributed by atoms with Crippen LogP contribution in [0.1, 0.15) is 12.0 Å². The Morgan fingerprint density at radius 2 is 1.97 bits per heavy atom. The maximum Gasteiger partial charge on any atom is 0.291 e. The van der Waals surface area contributed by atoms with Crippen LogP contribution in [0.5, 0.6) is 5.75 Å². The molecule has 154 valence electrons. The lowest BCUT2D eigenvalue weighted by molar-refractivity contribution is -0.742. The highest BCUT2D eigenvalue weighted by Gasteiger charge is 2.14. The highest BCUT2D eigenvalue weighted by molar-refractivity contribution is 8.00. The predicted octanol–water partition coefficient (Wildman–Crippen LogP) is 4.99. The Morgan fingerprint density at radius 3 is 2.59 bits per heavy atom. The number of hydrogen-bond donors (Lipinski definition) is 1. The summed E-state index contributed by atoms with van der Waals surface area (Å²) < 4.78 is 7.64. The number of methoxy groups -OCH3 is 1. The first-order chi connectivity index (χ1) is 14.0. The van der Waals surface area contributed by atoms with E-state index < -0.39 is 5.09 Å². The van der Waals surface area contributed by atoms with Crippen LogP contribution in [-0.2, 0) is 13.0 Å². The third-order valence-electron chi connectivity index (χ3n) is 4.00. The van der Waals surface area contributed by atoms with Crippen LogP contribution in [0.25, 0.3) is 0 Å². The minimum Gasteiger partial charge on any atom is -0.496 e. The van der Waals surface area contributed by atoms with Gasteiger partial charge in [-0.15, -0.1) is 21.9 Å². The van der Waals surface area contributed by atoms with Crippen molar-refractivity contribution in [3.8, 4) is 5.75 Å². The highest BCUT2D eigenvalue weighted by atomic mass is 35.5. The van der Waals surface area contributed by atoms with Gasteiger partial charge in [0.15, 0.2) is 0 Å². The molecule has 0 fully saturated rings. The Kier molecular flexibility index (Phi) is 9.33. The van der Waals surface area contributed by atoms with Crippen molar-refractivity contribution >= 4 is 23.4 Å². The molecule has 29 heavy (non-hydrogen) atoms. The summed E-state index contributed by atoms with van der Waals surface area (Å²) >= 11 is 7.84. The zero-order chi connectivity index (χ0) is 21.1. The summed E-state index contributed by atoms with van der Waals surface area (Å²) in [5.41, 5.74) is 1.31. The van der Waals surface area contributed by atoms with Crippen molar-refractivity contribution in [2.24, 2.45) is 0 Å². The van der Waals surface area contributed by atoms with Crippen LogP contribution in [-0.4, -0.2) is 32.2 Å². The van der Waals surface area contributed by atoms with E-state index in [1.807, 2.05) is 54.7 Å². The van der Waals surface area contributed by atoms with Crippen LogP contribution in [0.2, 0.25) is 5.02 Å². The van der Waals surface area contributed by atoms with Gasteiger partial charge in [0.1, 0.15) is 5.75 Å². The molecule has 7 nitrogen and oxygen atoms in total. The summed E-state index contributed by atoms with van der Waals surface area (Å²) in [4.78, 5) is 13.7. The fraction of sp³-hybridized carbons (Fsp3) is 0.250. The molecule has 1 unspecified atom stereocenters. The maximum atomic E-state index is 8.36. The van der Waals surface area contributed by atoms with Gasteiger partial charge in [-0.05, 0) is 42.7 Å². The molecule has 1 N–H and O–H groups in total. The predicted molar refractivity (Wildman–Crippen MR) is 113 cm³/mol. The number of benzene rings is 2. The number of thioether (sulfide) groups is 1. The number of aromatic nitrogens is 2. The lowest BCUT2D eigenvalue weighted by Crippen LogP contribution is -2.13. The summed E-state index contributed by atoms with van der Waals surface area (Å²) in [7, 11) is 1.72. The van der Waals surface area contributed by atoms with Crippen molar-refractivity contribution in [2.75, 3.05) is 7.11 Å². The molecule has 3 rings (SSSR count). The molecule has 0 radical (unpaired) electrons. The summed E-state index contributed by atoms with van der Waals surface area (Å²) in [6.07, 6.45) is 7.78. The van der Waals surface area contributed by atoms with E-state index >= 15 is 0 Å². The first kappa shape index (κ1) is 22.6. The second kappa shape index (κ2) is 12.0. The number of ether oxygens (including phenoxy) is 1. The number of rotatable bonds is 8. The van der Waals surface area contributed by atoms with Crippen LogP contribution in [0.4, 0.5) is 0 Å². The van der Waals surface area contributed by atoms with Gasteiger partial charge < -0.3 is 14.5 Å². The van der Waals surface area contributed by atoms with Crippen LogP contribution in [0, 0.1) is 10.1 Å². The van der Waals surface area contributed by atoms with E-state index in [2.05, 4.69) is 33.8 Å². The molecule has 0 amide bonds. The normalized spacial score (nSPS) is 11.2. The van der Waals surface area contributed by atoms with Crippen molar-refractivity contribution < 1.29 is 15.0 Å². The molecule has 0 aliphatic carbocycles. The number of para-hydroxylation sites is 1. The molecular formula is C20H22ClN3O4S. The molecule has 0 saturated heterocycles. The first-order valence-corrected chi connectivity index (χ1v) is 10.1. The van der Waals surface area contributed by atoms with Gasteiger partial charge in [-0.3, -0.25) is 0 Å². The zero-order valence-electron chi connectivity index (χ0n) is 15.8. The molecule has 0 aliphatic rings. The summed E-state index contributed by atoms with van der Waals surface area (Å²) in [5, 5.41) is 14.8. The number of nitrogens with zero attached hydrogens (tertiary/aromatic N) is 3. The smallest absolute Gasteiger partial charge is 0.291 e. The summed E-state index contributed by atoms with van der Waals surface area (Å²) in [6.45, 7) is 0.913. The van der Waals surface area contributed by atoms with Gasteiger partial charge in [-0.2, -0.15) is 0 Å². The maximum absolute atomic E-state index is 8.36. The van der Waals surface area contributed by atoms with E-state index in [0.29, 0.717) is 5.25 Å². The van der Waals surface area contributed by atoms with Gasteiger partial charge in [-0.1, -0.05) is 35.9 Å². The second-order valence-electron chi connectivity index (χ2n) is 6.05. The zero-order valence-corrected chi connectivity index (χ0v) is 17.4. The Balaban J connectivity index is 0.000000687. The van der Waals surface area contributed by atoms with Gasteiger partial charge >= 0.3 is 0 Å². The van der Waals surface area contributed by atoms with E-state index in [1.165, 1.54) is 10.5 Å². The lowest BCUT2D eigenvalue weighted by atomic mass is 10.1. The van der Waals surface area contributed by atoms with Crippen molar-refractivity contribution in [3.63, 3.8) is 0 Å². The molecule has 1 aromatic heterocycles. The largest absolute Gasteiger partial charge is 0.496 e. The molecule has 2 aromatic carbocycles. The average molecular weight is 436 g/mol. The molecular weight excluding hydrogens is 414 g/mol. The third kappa shape index (κ3) is 8.45. The molecule has 0 aliphatic heterocycles. The Morgan fingerprint density at radius 1 is 1.28 bits per heavy atom. The fourth-order valence-corrected chi connectivity index (χ4v) is 4.08. The van der Waals surface area contributed by atoms with E-state index in [0.717, 1.165) is 30.2 Å². The Labute approximate surface area is 178 Å². The molecule has 0 spiro atoms. The fourth-order valence-electron chi connectivity index (χ4n) is 2.69. The van der Waals surface area contributed by atoms with E-state index in [1.54, 1.807) is 7.11 Å². The van der Waals surface area contributed by atoms with Crippen LogP contribution in [0.3, 0.4) is 0 Å². The minimum atomic E-state index is -1.50. The van der Waals surface area contributed by atoms with Gasteiger partial charge in [0.25, 0.3) is 5.09 Å². The standard InChI is InChI=1S/C20H21ClN2OS.HNO3/c1-24-19-4-2-3-5-20(19)25-18(14-23-13-12-22-15-23)11-8-16-6-9-17(21)10-7-16;2-1(3)4/h2-7,9-10,12-13,15,18H,8,11,14H2,1H3;(H,2,3,4). The number of aryl methyl sites for hydroxylation is 1. The number of halogens is 1. The molecule has 3 aromatic rings. The first-order valence-electron chi connectivity index (χ1n) is 8.81. The number of hydrogen-bond acceptors (Lipinski definition) is 5. The van der Waals surface area contributed by atoms with Crippen LogP contribution in [0.15, 0.2) is 72.1 Å². The van der Waals surface area contributed by atoms with Crippen LogP contribution < -0.4 is 4.74 Å². The Bertz CT molecular complexity index is 872.